The van der Waals surface area contributed by atoms with E-state index < -0.39 is 0 Å². The number of carbonyl (C=O) groups excluding carboxylic acids is 1. The van der Waals surface area contributed by atoms with E-state index in [0.717, 1.165) is 50.2 Å². The van der Waals surface area contributed by atoms with Crippen LogP contribution >= 0.6 is 0 Å². The Morgan fingerprint density at radius 3 is 2.54 bits per heavy atom. The van der Waals surface area contributed by atoms with Crippen LogP contribution in [0, 0.1) is 0 Å². The molecule has 0 bridgehead atoms. The van der Waals surface area contributed by atoms with Crippen molar-refractivity contribution in [3.05, 3.63) is 59.7 Å². The largest absolute Gasteiger partial charge is 0.490 e. The van der Waals surface area contributed by atoms with Gasteiger partial charge in [0, 0.05) is 18.8 Å². The summed E-state index contributed by atoms with van der Waals surface area (Å²) < 4.78 is 6.07. The maximum Gasteiger partial charge on any atom is 0.231 e. The number of amides is 1. The lowest BCUT2D eigenvalue weighted by Gasteiger charge is -2.29. The van der Waals surface area contributed by atoms with E-state index in [9.17, 15) is 4.79 Å². The van der Waals surface area contributed by atoms with Gasteiger partial charge in [-0.1, -0.05) is 24.3 Å². The minimum atomic E-state index is -0.0404. The normalized spacial score (nSPS) is 20.6. The van der Waals surface area contributed by atoms with Crippen LogP contribution in [0.3, 0.4) is 0 Å². The van der Waals surface area contributed by atoms with Gasteiger partial charge in [0.2, 0.25) is 5.91 Å². The molecule has 1 heterocycles. The Morgan fingerprint density at radius 2 is 1.77 bits per heavy atom. The molecule has 0 saturated carbocycles. The zero-order valence-electron chi connectivity index (χ0n) is 15.3. The highest BCUT2D eigenvalue weighted by molar-refractivity contribution is 5.96. The van der Waals surface area contributed by atoms with Crippen molar-refractivity contribution in [1.82, 2.24) is 4.90 Å². The van der Waals surface area contributed by atoms with Gasteiger partial charge in [0.25, 0.3) is 0 Å². The lowest BCUT2D eigenvalue weighted by atomic mass is 10.0. The fourth-order valence-electron chi connectivity index (χ4n) is 3.97. The average Bonchev–Trinajstić information content (AvgIpc) is 3.09. The smallest absolute Gasteiger partial charge is 0.231 e. The van der Waals surface area contributed by atoms with Crippen LogP contribution in [0.5, 0.6) is 5.75 Å². The number of likely N-dealkylation sites (tertiary alicyclic amines) is 1. The van der Waals surface area contributed by atoms with Crippen LogP contribution in [0.2, 0.25) is 0 Å². The molecule has 1 saturated heterocycles. The van der Waals surface area contributed by atoms with Gasteiger partial charge in [-0.3, -0.25) is 4.79 Å². The quantitative estimate of drug-likeness (QED) is 0.911. The first-order chi connectivity index (χ1) is 12.7. The third kappa shape index (κ3) is 3.75. The number of hydrogen-bond donors (Lipinski definition) is 1. The summed E-state index contributed by atoms with van der Waals surface area (Å²) in [6, 6.07) is 16.0. The second-order valence-electron chi connectivity index (χ2n) is 7.42. The van der Waals surface area contributed by atoms with Crippen LogP contribution in [0.4, 0.5) is 5.69 Å². The fourth-order valence-corrected chi connectivity index (χ4v) is 3.97. The van der Waals surface area contributed by atoms with Crippen LogP contribution in [-0.4, -0.2) is 37.0 Å². The zero-order chi connectivity index (χ0) is 17.9. The van der Waals surface area contributed by atoms with Gasteiger partial charge in [-0.25, -0.2) is 0 Å². The zero-order valence-corrected chi connectivity index (χ0v) is 15.3. The molecule has 1 amide bonds. The highest BCUT2D eigenvalue weighted by Gasteiger charge is 2.28. The number of ether oxygens (including phenoxy) is 1. The van der Waals surface area contributed by atoms with Gasteiger partial charge in [0.15, 0.2) is 0 Å². The molecule has 4 rings (SSSR count). The van der Waals surface area contributed by atoms with E-state index in [1.54, 1.807) is 0 Å². The van der Waals surface area contributed by atoms with E-state index in [4.69, 9.17) is 4.74 Å². The van der Waals surface area contributed by atoms with Crippen LogP contribution in [0.1, 0.15) is 36.3 Å². The second-order valence-corrected chi connectivity index (χ2v) is 7.42. The monoisotopic (exact) mass is 350 g/mol. The van der Waals surface area contributed by atoms with Gasteiger partial charge in [0.1, 0.15) is 11.9 Å². The lowest BCUT2D eigenvalue weighted by molar-refractivity contribution is -0.117. The third-order valence-corrected chi connectivity index (χ3v) is 5.54. The van der Waals surface area contributed by atoms with E-state index in [-0.39, 0.29) is 11.8 Å². The predicted molar refractivity (Wildman–Crippen MR) is 104 cm³/mol. The van der Waals surface area contributed by atoms with Crippen molar-refractivity contribution in [2.45, 2.75) is 37.7 Å². The predicted octanol–water partition coefficient (Wildman–Crippen LogP) is 3.83. The van der Waals surface area contributed by atoms with Gasteiger partial charge in [-0.15, -0.1) is 0 Å². The Bertz CT molecular complexity index is 764. The van der Waals surface area contributed by atoms with Gasteiger partial charge in [-0.2, -0.15) is 0 Å². The maximum atomic E-state index is 12.7. The highest BCUT2D eigenvalue weighted by atomic mass is 16.5. The molecule has 1 aliphatic carbocycles. The number of fused-ring (bicyclic) bond motifs is 1. The van der Waals surface area contributed by atoms with Crippen LogP contribution in [0.25, 0.3) is 0 Å². The topological polar surface area (TPSA) is 41.6 Å². The fraction of sp³-hybridized carbons (Fsp3) is 0.409. The summed E-state index contributed by atoms with van der Waals surface area (Å²) >= 11 is 0. The first kappa shape index (κ1) is 17.1. The summed E-state index contributed by atoms with van der Waals surface area (Å²) in [5, 5.41) is 3.06. The summed E-state index contributed by atoms with van der Waals surface area (Å²) in [4.78, 5) is 15.0. The molecule has 1 unspecified atom stereocenters. The SMILES string of the molecule is CN1CCC(Oc2ccc(NC(=O)C3CCc4ccccc43)cc2)CC1. The molecular weight excluding hydrogens is 324 g/mol. The number of benzene rings is 2. The molecule has 1 fully saturated rings. The molecule has 2 aromatic rings. The Hall–Kier alpha value is -2.33. The van der Waals surface area contributed by atoms with E-state index in [0.29, 0.717) is 6.10 Å². The van der Waals surface area contributed by atoms with Crippen molar-refractivity contribution >= 4 is 11.6 Å². The number of rotatable bonds is 4. The number of nitrogens with one attached hydrogen (secondary N) is 1. The van der Waals surface area contributed by atoms with Gasteiger partial charge in [0.05, 0.1) is 5.92 Å². The molecule has 1 atom stereocenters. The van der Waals surface area contributed by atoms with Crippen LogP contribution < -0.4 is 10.1 Å². The minimum Gasteiger partial charge on any atom is -0.490 e. The van der Waals surface area contributed by atoms with Crippen LogP contribution in [-0.2, 0) is 11.2 Å². The summed E-state index contributed by atoms with van der Waals surface area (Å²) in [6.45, 7) is 2.17. The van der Waals surface area contributed by atoms with Gasteiger partial charge >= 0.3 is 0 Å². The molecule has 2 aromatic carbocycles. The first-order valence-electron chi connectivity index (χ1n) is 9.53. The molecule has 4 heteroatoms. The van der Waals surface area contributed by atoms with Crippen molar-refractivity contribution in [3.8, 4) is 5.75 Å². The van der Waals surface area contributed by atoms with Gasteiger partial charge < -0.3 is 15.0 Å². The highest BCUT2D eigenvalue weighted by Crippen LogP contribution is 2.33. The summed E-state index contributed by atoms with van der Waals surface area (Å²) in [6.07, 6.45) is 4.30. The Balaban J connectivity index is 1.35. The Kier molecular flexibility index (Phi) is 4.93. The summed E-state index contributed by atoms with van der Waals surface area (Å²) in [7, 11) is 2.15. The van der Waals surface area contributed by atoms with Crippen LogP contribution in [0.15, 0.2) is 48.5 Å². The maximum absolute atomic E-state index is 12.7. The standard InChI is InChI=1S/C22H26N2O2/c1-24-14-12-19(13-15-24)26-18-9-7-17(8-10-18)23-22(25)21-11-6-16-4-2-3-5-20(16)21/h2-5,7-10,19,21H,6,11-15H2,1H3,(H,23,25). The number of nitrogens with zero attached hydrogens (tertiary/aromatic N) is 1. The molecule has 0 aromatic heterocycles. The van der Waals surface area contributed by atoms with Crippen molar-refractivity contribution in [3.63, 3.8) is 0 Å². The molecule has 26 heavy (non-hydrogen) atoms. The van der Waals surface area contributed by atoms with Crippen molar-refractivity contribution in [1.29, 1.82) is 0 Å². The molecule has 4 nitrogen and oxygen atoms in total. The second kappa shape index (κ2) is 7.50. The van der Waals surface area contributed by atoms with E-state index in [1.807, 2.05) is 36.4 Å². The third-order valence-electron chi connectivity index (χ3n) is 5.54. The molecular formula is C22H26N2O2. The lowest BCUT2D eigenvalue weighted by Crippen LogP contribution is -2.35. The molecule has 136 valence electrons. The van der Waals surface area contributed by atoms with E-state index in [1.165, 1.54) is 11.1 Å². The molecule has 1 aliphatic heterocycles. The van der Waals surface area contributed by atoms with E-state index in [2.05, 4.69) is 29.4 Å². The first-order valence-corrected chi connectivity index (χ1v) is 9.53. The number of piperidine rings is 1. The number of aryl methyl sites for hydroxylation is 1. The van der Waals surface area contributed by atoms with Crippen molar-refractivity contribution in [2.24, 2.45) is 0 Å². The minimum absolute atomic E-state index is 0.0404. The number of anilines is 1. The van der Waals surface area contributed by atoms with Crippen molar-refractivity contribution in [2.75, 3.05) is 25.5 Å². The Morgan fingerprint density at radius 1 is 1.04 bits per heavy atom. The molecule has 0 spiro atoms. The number of carbonyl (C=O) groups is 1. The molecule has 0 radical (unpaired) electrons. The molecule has 1 N–H and O–H groups in total. The Labute approximate surface area is 155 Å². The summed E-state index contributed by atoms with van der Waals surface area (Å²) in [5.74, 6) is 0.920. The van der Waals surface area contributed by atoms with Crippen molar-refractivity contribution < 1.29 is 9.53 Å². The molecule has 2 aliphatic rings. The summed E-state index contributed by atoms with van der Waals surface area (Å²) in [5.41, 5.74) is 3.30. The van der Waals surface area contributed by atoms with Gasteiger partial charge in [-0.05, 0) is 68.1 Å². The average molecular weight is 350 g/mol. The van der Waals surface area contributed by atoms with E-state index >= 15 is 0 Å². The number of hydrogen-bond acceptors (Lipinski definition) is 3.